The van der Waals surface area contributed by atoms with Crippen LogP contribution < -0.4 is 0 Å². The summed E-state index contributed by atoms with van der Waals surface area (Å²) >= 11 is 0. The van der Waals surface area contributed by atoms with Crippen molar-refractivity contribution in [2.75, 3.05) is 0 Å². The van der Waals surface area contributed by atoms with Gasteiger partial charge in [0.2, 0.25) is 0 Å². The van der Waals surface area contributed by atoms with Gasteiger partial charge in [-0.3, -0.25) is 0 Å². The lowest BCUT2D eigenvalue weighted by atomic mass is 9.90. The summed E-state index contributed by atoms with van der Waals surface area (Å²) in [6.07, 6.45) is 48.4. The molecule has 0 spiro atoms. The molecule has 0 N–H and O–H groups in total. The van der Waals surface area contributed by atoms with Crippen molar-refractivity contribution in [2.24, 2.45) is 0 Å². The number of aryl methyl sites for hydroxylation is 3. The summed E-state index contributed by atoms with van der Waals surface area (Å²) in [6, 6.07) is 5.23. The van der Waals surface area contributed by atoms with Crippen molar-refractivity contribution >= 4 is 0 Å². The molecule has 0 aromatic heterocycles. The van der Waals surface area contributed by atoms with Crippen LogP contribution in [0, 0.1) is 6.92 Å². The molecule has 0 amide bonds. The second-order valence-electron chi connectivity index (χ2n) is 14.7. The first-order valence-electron chi connectivity index (χ1n) is 20.8. The summed E-state index contributed by atoms with van der Waals surface area (Å²) in [5.41, 5.74) is 6.65. The Bertz CT molecular complexity index is 664. The molecule has 1 rings (SSSR count). The quantitative estimate of drug-likeness (QED) is 0.0681. The zero-order valence-corrected chi connectivity index (χ0v) is 31.2. The Kier molecular flexibility index (Phi) is 30.2. The van der Waals surface area contributed by atoms with E-state index < -0.39 is 0 Å². The van der Waals surface area contributed by atoms with Crippen molar-refractivity contribution in [2.45, 2.75) is 246 Å². The van der Waals surface area contributed by atoms with Crippen LogP contribution in [0.25, 0.3) is 0 Å². The Morgan fingerprint density at radius 1 is 0.295 bits per heavy atom. The summed E-state index contributed by atoms with van der Waals surface area (Å²) in [7, 11) is 0. The van der Waals surface area contributed by atoms with Crippen LogP contribution in [0.3, 0.4) is 0 Å². The lowest BCUT2D eigenvalue weighted by Crippen LogP contribution is -2.01. The van der Waals surface area contributed by atoms with Gasteiger partial charge in [-0.05, 0) is 67.7 Å². The molecule has 0 nitrogen and oxygen atoms in total. The van der Waals surface area contributed by atoms with Gasteiger partial charge >= 0.3 is 0 Å². The molecule has 0 aliphatic rings. The summed E-state index contributed by atoms with van der Waals surface area (Å²) in [5, 5.41) is 0. The van der Waals surface area contributed by atoms with Crippen molar-refractivity contribution in [1.29, 1.82) is 0 Å². The highest BCUT2D eigenvalue weighted by atomic mass is 14.1. The fourth-order valence-corrected chi connectivity index (χ4v) is 7.17. The zero-order valence-electron chi connectivity index (χ0n) is 31.2. The van der Waals surface area contributed by atoms with Crippen molar-refractivity contribution in [1.82, 2.24) is 0 Å². The molecule has 1 aromatic carbocycles. The molecule has 0 saturated heterocycles. The summed E-state index contributed by atoms with van der Waals surface area (Å²) in [4.78, 5) is 0. The molecule has 0 unspecified atom stereocenters. The van der Waals surface area contributed by atoms with E-state index in [0.29, 0.717) is 0 Å². The summed E-state index contributed by atoms with van der Waals surface area (Å²) in [6.45, 7) is 9.40. The SMILES string of the molecule is CCCCCCCCCCCCCCCc1cc(CCCCCCC)cc(CCCCCCCCCCCCCCC)c1C. The second kappa shape index (κ2) is 32.2. The molecular formula is C44H82. The zero-order chi connectivity index (χ0) is 31.8. The van der Waals surface area contributed by atoms with E-state index in [9.17, 15) is 0 Å². The van der Waals surface area contributed by atoms with Gasteiger partial charge in [-0.15, -0.1) is 0 Å². The maximum absolute atomic E-state index is 2.61. The molecule has 1 aromatic rings. The third-order valence-electron chi connectivity index (χ3n) is 10.4. The highest BCUT2D eigenvalue weighted by Crippen LogP contribution is 2.24. The molecule has 0 heteroatoms. The smallest absolute Gasteiger partial charge is 0.0276 e. The van der Waals surface area contributed by atoms with Gasteiger partial charge in [-0.1, -0.05) is 213 Å². The normalized spacial score (nSPS) is 11.5. The maximum atomic E-state index is 2.61. The Hall–Kier alpha value is -0.780. The third-order valence-corrected chi connectivity index (χ3v) is 10.4. The fraction of sp³-hybridized carbons (Fsp3) is 0.864. The second-order valence-corrected chi connectivity index (χ2v) is 14.7. The number of rotatable bonds is 34. The number of hydrogen-bond acceptors (Lipinski definition) is 0. The lowest BCUT2D eigenvalue weighted by molar-refractivity contribution is 0.538. The molecule has 0 atom stereocenters. The molecular weight excluding hydrogens is 528 g/mol. The minimum Gasteiger partial charge on any atom is -0.0654 e. The highest BCUT2D eigenvalue weighted by Gasteiger charge is 2.09. The largest absolute Gasteiger partial charge is 0.0654 e. The van der Waals surface area contributed by atoms with Crippen LogP contribution in [0.4, 0.5) is 0 Å². The van der Waals surface area contributed by atoms with Gasteiger partial charge in [0.25, 0.3) is 0 Å². The Morgan fingerprint density at radius 2 is 0.523 bits per heavy atom. The van der Waals surface area contributed by atoms with Crippen LogP contribution in [0.15, 0.2) is 12.1 Å². The van der Waals surface area contributed by atoms with E-state index in [4.69, 9.17) is 0 Å². The van der Waals surface area contributed by atoms with Gasteiger partial charge in [0.05, 0.1) is 0 Å². The van der Waals surface area contributed by atoms with E-state index in [0.717, 1.165) is 0 Å². The first-order valence-corrected chi connectivity index (χ1v) is 20.8. The molecule has 0 aliphatic heterocycles. The summed E-state index contributed by atoms with van der Waals surface area (Å²) in [5.74, 6) is 0. The maximum Gasteiger partial charge on any atom is -0.0276 e. The molecule has 0 saturated carbocycles. The molecule has 44 heavy (non-hydrogen) atoms. The van der Waals surface area contributed by atoms with Gasteiger partial charge in [-0.2, -0.15) is 0 Å². The number of unbranched alkanes of at least 4 members (excludes halogenated alkanes) is 28. The molecule has 0 fully saturated rings. The van der Waals surface area contributed by atoms with E-state index in [-0.39, 0.29) is 0 Å². The minimum absolute atomic E-state index is 1.29. The number of benzene rings is 1. The predicted molar refractivity (Wildman–Crippen MR) is 202 cm³/mol. The molecule has 0 heterocycles. The number of hydrogen-bond donors (Lipinski definition) is 0. The van der Waals surface area contributed by atoms with E-state index in [2.05, 4.69) is 39.8 Å². The Balaban J connectivity index is 2.33. The Morgan fingerprint density at radius 3 is 0.795 bits per heavy atom. The van der Waals surface area contributed by atoms with Crippen molar-refractivity contribution in [3.63, 3.8) is 0 Å². The van der Waals surface area contributed by atoms with Crippen LogP contribution in [-0.2, 0) is 19.3 Å². The van der Waals surface area contributed by atoms with Gasteiger partial charge in [0.1, 0.15) is 0 Å². The first kappa shape index (κ1) is 41.2. The highest BCUT2D eigenvalue weighted by molar-refractivity contribution is 5.39. The van der Waals surface area contributed by atoms with E-state index in [1.807, 2.05) is 0 Å². The third kappa shape index (κ3) is 24.5. The van der Waals surface area contributed by atoms with Gasteiger partial charge in [-0.25, -0.2) is 0 Å². The molecule has 0 aliphatic carbocycles. The van der Waals surface area contributed by atoms with Crippen LogP contribution in [0.5, 0.6) is 0 Å². The van der Waals surface area contributed by atoms with Gasteiger partial charge in [0.15, 0.2) is 0 Å². The minimum atomic E-state index is 1.29. The van der Waals surface area contributed by atoms with Crippen LogP contribution in [0.1, 0.15) is 242 Å². The molecule has 0 bridgehead atoms. The van der Waals surface area contributed by atoms with E-state index in [1.54, 1.807) is 22.3 Å². The standard InChI is InChI=1S/C44H82/c1-5-8-11-14-16-18-20-22-24-26-28-31-34-37-43-39-42(36-33-30-13-10-7-3)40-44(41(43)4)38-35-32-29-27-25-23-21-19-17-15-12-9-6-2/h39-40H,5-38H2,1-4H3. The van der Waals surface area contributed by atoms with Crippen molar-refractivity contribution in [3.8, 4) is 0 Å². The first-order chi connectivity index (χ1) is 21.7. The lowest BCUT2D eigenvalue weighted by Gasteiger charge is -2.15. The van der Waals surface area contributed by atoms with Crippen LogP contribution in [-0.4, -0.2) is 0 Å². The summed E-state index contributed by atoms with van der Waals surface area (Å²) < 4.78 is 0. The molecule has 258 valence electrons. The molecule has 0 radical (unpaired) electrons. The van der Waals surface area contributed by atoms with Crippen molar-refractivity contribution < 1.29 is 0 Å². The van der Waals surface area contributed by atoms with E-state index in [1.165, 1.54) is 218 Å². The van der Waals surface area contributed by atoms with Crippen LogP contribution >= 0.6 is 0 Å². The van der Waals surface area contributed by atoms with Crippen molar-refractivity contribution in [3.05, 3.63) is 34.4 Å². The van der Waals surface area contributed by atoms with Gasteiger partial charge < -0.3 is 0 Å². The Labute approximate surface area is 279 Å². The predicted octanol–water partition coefficient (Wildman–Crippen LogP) is 15.8. The monoisotopic (exact) mass is 611 g/mol. The van der Waals surface area contributed by atoms with E-state index >= 15 is 0 Å². The fourth-order valence-electron chi connectivity index (χ4n) is 7.17. The van der Waals surface area contributed by atoms with Gasteiger partial charge in [0, 0.05) is 0 Å². The average molecular weight is 611 g/mol. The topological polar surface area (TPSA) is 0 Å². The average Bonchev–Trinajstić information content (AvgIpc) is 3.03. The van der Waals surface area contributed by atoms with Crippen LogP contribution in [0.2, 0.25) is 0 Å².